The Morgan fingerprint density at radius 3 is 2.34 bits per heavy atom. The lowest BCUT2D eigenvalue weighted by Gasteiger charge is -2.36. The Bertz CT molecular complexity index is 873. The minimum atomic E-state index is -3.67. The third-order valence-electron chi connectivity index (χ3n) is 6.77. The number of hydrogen-bond donors (Lipinski definition) is 1. The highest BCUT2D eigenvalue weighted by molar-refractivity contribution is 7.89. The zero-order valence-corrected chi connectivity index (χ0v) is 21.0. The lowest BCUT2D eigenvalue weighted by Crippen LogP contribution is -2.48. The van der Waals surface area contributed by atoms with E-state index in [1.54, 1.807) is 12.1 Å². The Hall–Kier alpha value is -1.48. The summed E-state index contributed by atoms with van der Waals surface area (Å²) in [6, 6.07) is 5.30. The molecule has 7 nitrogen and oxygen atoms in total. The molecule has 0 saturated carbocycles. The Morgan fingerprint density at radius 1 is 1.06 bits per heavy atom. The van der Waals surface area contributed by atoms with E-state index in [0.717, 1.165) is 37.3 Å². The average Bonchev–Trinajstić information content (AvgIpc) is 2.75. The summed E-state index contributed by atoms with van der Waals surface area (Å²) >= 11 is 0. The number of nitrogens with zero attached hydrogens (tertiary/aromatic N) is 3. The number of carbonyl (C=O) groups excluding carboxylic acids is 1. The standard InChI is InChI=1S/C24H40N4O3S/c1-19-15-20(2)18-26(17-19)13-14-28(10-7-24(29)27-11-8-25-9-12-27)32(30,31)23-6-5-21(3)22(4)16-23/h5-6,16,19-20,25H,7-15,17-18H2,1-4H3/t19-,20-/m0/s1. The molecule has 1 aromatic rings. The largest absolute Gasteiger partial charge is 0.340 e. The Morgan fingerprint density at radius 2 is 1.72 bits per heavy atom. The second-order valence-electron chi connectivity index (χ2n) is 9.74. The van der Waals surface area contributed by atoms with E-state index in [9.17, 15) is 13.2 Å². The maximum absolute atomic E-state index is 13.6. The van der Waals surface area contributed by atoms with Crippen LogP contribution >= 0.6 is 0 Å². The van der Waals surface area contributed by atoms with Gasteiger partial charge in [-0.2, -0.15) is 4.31 Å². The molecule has 0 radical (unpaired) electrons. The molecule has 1 aromatic carbocycles. The maximum atomic E-state index is 13.6. The summed E-state index contributed by atoms with van der Waals surface area (Å²) in [5.41, 5.74) is 2.03. The Labute approximate surface area is 194 Å². The van der Waals surface area contributed by atoms with Crippen molar-refractivity contribution >= 4 is 15.9 Å². The van der Waals surface area contributed by atoms with Crippen LogP contribution in [0.2, 0.25) is 0 Å². The zero-order chi connectivity index (χ0) is 23.3. The highest BCUT2D eigenvalue weighted by atomic mass is 32.2. The molecule has 32 heavy (non-hydrogen) atoms. The smallest absolute Gasteiger partial charge is 0.243 e. The SMILES string of the molecule is Cc1ccc(S(=O)(=O)N(CCC(=O)N2CCNCC2)CCN2C[C@@H](C)C[C@H](C)C2)cc1C. The van der Waals surface area contributed by atoms with Gasteiger partial charge in [-0.3, -0.25) is 4.79 Å². The van der Waals surface area contributed by atoms with Gasteiger partial charge in [0, 0.05) is 65.3 Å². The second kappa shape index (κ2) is 11.1. The summed E-state index contributed by atoms with van der Waals surface area (Å²) in [6.07, 6.45) is 1.44. The topological polar surface area (TPSA) is 73.0 Å². The van der Waals surface area contributed by atoms with Crippen LogP contribution in [0.1, 0.15) is 37.8 Å². The minimum absolute atomic E-state index is 0.0343. The molecule has 0 aliphatic carbocycles. The van der Waals surface area contributed by atoms with Gasteiger partial charge in [-0.25, -0.2) is 8.42 Å². The Kier molecular flexibility index (Phi) is 8.72. The van der Waals surface area contributed by atoms with Gasteiger partial charge in [-0.1, -0.05) is 19.9 Å². The summed E-state index contributed by atoms with van der Waals surface area (Å²) in [7, 11) is -3.67. The van der Waals surface area contributed by atoms with Crippen molar-refractivity contribution in [3.05, 3.63) is 29.3 Å². The first kappa shape index (κ1) is 25.1. The number of amides is 1. The molecule has 2 aliphatic rings. The molecule has 0 spiro atoms. The first-order valence-corrected chi connectivity index (χ1v) is 13.4. The van der Waals surface area contributed by atoms with Crippen LogP contribution in [-0.4, -0.2) is 87.3 Å². The number of likely N-dealkylation sites (tertiary alicyclic amines) is 1. The van der Waals surface area contributed by atoms with E-state index in [1.165, 1.54) is 10.7 Å². The van der Waals surface area contributed by atoms with Crippen molar-refractivity contribution in [3.8, 4) is 0 Å². The fourth-order valence-electron chi connectivity index (χ4n) is 4.90. The van der Waals surface area contributed by atoms with Crippen LogP contribution in [0.15, 0.2) is 23.1 Å². The molecule has 1 N–H and O–H groups in total. The van der Waals surface area contributed by atoms with Crippen molar-refractivity contribution < 1.29 is 13.2 Å². The molecule has 0 aromatic heterocycles. The van der Waals surface area contributed by atoms with Gasteiger partial charge in [0.1, 0.15) is 0 Å². The normalized spacial score (nSPS) is 23.0. The van der Waals surface area contributed by atoms with Crippen molar-refractivity contribution in [1.29, 1.82) is 0 Å². The van der Waals surface area contributed by atoms with E-state index in [1.807, 2.05) is 24.8 Å². The van der Waals surface area contributed by atoms with Gasteiger partial charge in [-0.15, -0.1) is 0 Å². The van der Waals surface area contributed by atoms with Gasteiger partial charge in [0.25, 0.3) is 0 Å². The summed E-state index contributed by atoms with van der Waals surface area (Å²) < 4.78 is 28.6. The molecule has 2 fully saturated rings. The predicted octanol–water partition coefficient (Wildman–Crippen LogP) is 2.09. The van der Waals surface area contributed by atoms with E-state index < -0.39 is 10.0 Å². The van der Waals surface area contributed by atoms with E-state index in [-0.39, 0.29) is 18.9 Å². The van der Waals surface area contributed by atoms with E-state index in [0.29, 0.717) is 42.9 Å². The number of rotatable bonds is 8. The first-order chi connectivity index (χ1) is 15.2. The predicted molar refractivity (Wildman–Crippen MR) is 128 cm³/mol. The van der Waals surface area contributed by atoms with Crippen molar-refractivity contribution in [2.75, 3.05) is 58.9 Å². The third kappa shape index (κ3) is 6.53. The van der Waals surface area contributed by atoms with E-state index in [2.05, 4.69) is 24.1 Å². The van der Waals surface area contributed by atoms with E-state index >= 15 is 0 Å². The molecule has 3 rings (SSSR count). The number of aryl methyl sites for hydroxylation is 2. The van der Waals surface area contributed by atoms with Gasteiger partial charge in [0.15, 0.2) is 0 Å². The first-order valence-electron chi connectivity index (χ1n) is 11.9. The highest BCUT2D eigenvalue weighted by Gasteiger charge is 2.28. The molecule has 2 saturated heterocycles. The number of nitrogens with one attached hydrogen (secondary N) is 1. The summed E-state index contributed by atoms with van der Waals surface area (Å²) in [5, 5.41) is 3.25. The number of benzene rings is 1. The number of piperidine rings is 1. The molecule has 8 heteroatoms. The number of hydrogen-bond acceptors (Lipinski definition) is 5. The zero-order valence-electron chi connectivity index (χ0n) is 20.1. The monoisotopic (exact) mass is 464 g/mol. The van der Waals surface area contributed by atoms with Gasteiger partial charge >= 0.3 is 0 Å². The van der Waals surface area contributed by atoms with Gasteiger partial charge in [0.05, 0.1) is 4.90 Å². The van der Waals surface area contributed by atoms with Crippen LogP contribution in [0.25, 0.3) is 0 Å². The van der Waals surface area contributed by atoms with Crippen LogP contribution in [0.5, 0.6) is 0 Å². The summed E-state index contributed by atoms with van der Waals surface area (Å²) in [5.74, 6) is 1.28. The third-order valence-corrected chi connectivity index (χ3v) is 8.67. The molecule has 1 amide bonds. The Balaban J connectivity index is 1.73. The molecule has 0 unspecified atom stereocenters. The maximum Gasteiger partial charge on any atom is 0.243 e. The van der Waals surface area contributed by atoms with Gasteiger partial charge < -0.3 is 15.1 Å². The minimum Gasteiger partial charge on any atom is -0.340 e. The molecular weight excluding hydrogens is 424 g/mol. The highest BCUT2D eigenvalue weighted by Crippen LogP contribution is 2.23. The van der Waals surface area contributed by atoms with E-state index in [4.69, 9.17) is 0 Å². The number of sulfonamides is 1. The summed E-state index contributed by atoms with van der Waals surface area (Å²) in [4.78, 5) is 17.3. The van der Waals surface area contributed by atoms with Crippen LogP contribution in [0.4, 0.5) is 0 Å². The molecule has 2 aliphatic heterocycles. The van der Waals surface area contributed by atoms with Crippen LogP contribution in [-0.2, 0) is 14.8 Å². The van der Waals surface area contributed by atoms with Crippen molar-refractivity contribution in [2.24, 2.45) is 11.8 Å². The lowest BCUT2D eigenvalue weighted by molar-refractivity contribution is -0.131. The second-order valence-corrected chi connectivity index (χ2v) is 11.7. The summed E-state index contributed by atoms with van der Waals surface area (Å²) in [6.45, 7) is 14.7. The molecular formula is C24H40N4O3S. The number of piperazine rings is 1. The van der Waals surface area contributed by atoms with Crippen LogP contribution in [0, 0.1) is 25.7 Å². The lowest BCUT2D eigenvalue weighted by atomic mass is 9.92. The van der Waals surface area contributed by atoms with Crippen molar-refractivity contribution in [1.82, 2.24) is 19.4 Å². The molecule has 2 atom stereocenters. The quantitative estimate of drug-likeness (QED) is 0.638. The van der Waals surface area contributed by atoms with Gasteiger partial charge in [-0.05, 0) is 55.4 Å². The molecule has 180 valence electrons. The van der Waals surface area contributed by atoms with Crippen molar-refractivity contribution in [2.45, 2.75) is 45.4 Å². The average molecular weight is 465 g/mol. The fraction of sp³-hybridized carbons (Fsp3) is 0.708. The van der Waals surface area contributed by atoms with Crippen LogP contribution in [0.3, 0.4) is 0 Å². The van der Waals surface area contributed by atoms with Crippen molar-refractivity contribution in [3.63, 3.8) is 0 Å². The molecule has 2 heterocycles. The van der Waals surface area contributed by atoms with Gasteiger partial charge in [0.2, 0.25) is 15.9 Å². The fourth-order valence-corrected chi connectivity index (χ4v) is 6.41. The molecule has 0 bridgehead atoms. The number of carbonyl (C=O) groups is 1. The van der Waals surface area contributed by atoms with Crippen LogP contribution < -0.4 is 5.32 Å².